The number of para-hydroxylation sites is 1. The number of benzene rings is 2. The Labute approximate surface area is 123 Å². The van der Waals surface area contributed by atoms with E-state index in [1.54, 1.807) is 7.11 Å². The number of nitrogens with one attached hydrogen (secondary N) is 1. The third kappa shape index (κ3) is 2.73. The van der Waals surface area contributed by atoms with Crippen molar-refractivity contribution in [3.63, 3.8) is 0 Å². The van der Waals surface area contributed by atoms with Gasteiger partial charge in [0.15, 0.2) is 11.5 Å². The molecule has 1 heterocycles. The molecule has 0 aliphatic carbocycles. The predicted molar refractivity (Wildman–Crippen MR) is 78.8 cm³/mol. The summed E-state index contributed by atoms with van der Waals surface area (Å²) in [6.07, 6.45) is 0. The Morgan fingerprint density at radius 1 is 1.24 bits per heavy atom. The van der Waals surface area contributed by atoms with Gasteiger partial charge < -0.3 is 24.6 Å². The van der Waals surface area contributed by atoms with Gasteiger partial charge in [0.2, 0.25) is 12.5 Å². The minimum Gasteiger partial charge on any atom is -0.493 e. The van der Waals surface area contributed by atoms with E-state index in [4.69, 9.17) is 14.2 Å². The van der Waals surface area contributed by atoms with E-state index in [-0.39, 0.29) is 13.4 Å². The fraction of sp³-hybridized carbons (Fsp3) is 0.250. The van der Waals surface area contributed by atoms with Crippen molar-refractivity contribution >= 4 is 5.69 Å². The highest BCUT2D eigenvalue weighted by Gasteiger charge is 2.19. The van der Waals surface area contributed by atoms with Gasteiger partial charge in [0, 0.05) is 17.8 Å². The lowest BCUT2D eigenvalue weighted by molar-refractivity contribution is 0.171. The van der Waals surface area contributed by atoms with Crippen molar-refractivity contribution in [3.8, 4) is 17.2 Å². The molecule has 21 heavy (non-hydrogen) atoms. The molecule has 1 aliphatic heterocycles. The molecule has 0 aromatic heterocycles. The molecule has 0 saturated heterocycles. The van der Waals surface area contributed by atoms with Crippen LogP contribution in [0.1, 0.15) is 11.1 Å². The molecule has 110 valence electrons. The normalized spacial score (nSPS) is 12.3. The highest BCUT2D eigenvalue weighted by atomic mass is 16.7. The molecule has 0 amide bonds. The smallest absolute Gasteiger partial charge is 0.231 e. The van der Waals surface area contributed by atoms with Gasteiger partial charge in [-0.1, -0.05) is 18.2 Å². The Hall–Kier alpha value is -2.40. The molecule has 2 aromatic rings. The Morgan fingerprint density at radius 3 is 2.90 bits per heavy atom. The van der Waals surface area contributed by atoms with E-state index in [9.17, 15) is 5.11 Å². The monoisotopic (exact) mass is 287 g/mol. The van der Waals surface area contributed by atoms with Crippen LogP contribution in [0.15, 0.2) is 36.4 Å². The molecule has 3 rings (SSSR count). The molecule has 2 N–H and O–H groups in total. The SMILES string of the molecule is COc1cc(CNc2ccccc2CO)cc2c1OCO2. The van der Waals surface area contributed by atoms with Crippen molar-refractivity contribution in [1.82, 2.24) is 0 Å². The lowest BCUT2D eigenvalue weighted by Crippen LogP contribution is -2.03. The summed E-state index contributed by atoms with van der Waals surface area (Å²) >= 11 is 0. The minimum absolute atomic E-state index is 0.00757. The maximum absolute atomic E-state index is 9.33. The van der Waals surface area contributed by atoms with Gasteiger partial charge in [-0.2, -0.15) is 0 Å². The molecule has 0 bridgehead atoms. The number of aliphatic hydroxyl groups excluding tert-OH is 1. The molecule has 5 heteroatoms. The van der Waals surface area contributed by atoms with E-state index in [2.05, 4.69) is 5.32 Å². The average Bonchev–Trinajstić information content (AvgIpc) is 3.00. The highest BCUT2D eigenvalue weighted by Crippen LogP contribution is 2.41. The zero-order valence-corrected chi connectivity index (χ0v) is 11.8. The fourth-order valence-corrected chi connectivity index (χ4v) is 2.31. The van der Waals surface area contributed by atoms with E-state index in [1.165, 1.54) is 0 Å². The van der Waals surface area contributed by atoms with Crippen LogP contribution in [0, 0.1) is 0 Å². The van der Waals surface area contributed by atoms with Crippen LogP contribution < -0.4 is 19.5 Å². The Balaban J connectivity index is 1.79. The van der Waals surface area contributed by atoms with Crippen LogP contribution >= 0.6 is 0 Å². The quantitative estimate of drug-likeness (QED) is 0.885. The standard InChI is InChI=1S/C16H17NO4/c1-19-14-6-11(7-15-16(14)21-10-20-15)8-17-13-5-3-2-4-12(13)9-18/h2-7,17-18H,8-10H2,1H3. The van der Waals surface area contributed by atoms with Crippen molar-refractivity contribution in [2.24, 2.45) is 0 Å². The van der Waals surface area contributed by atoms with Gasteiger partial charge in [0.25, 0.3) is 0 Å². The van der Waals surface area contributed by atoms with Gasteiger partial charge in [0.1, 0.15) is 0 Å². The van der Waals surface area contributed by atoms with Crippen molar-refractivity contribution in [3.05, 3.63) is 47.5 Å². The topological polar surface area (TPSA) is 60.0 Å². The summed E-state index contributed by atoms with van der Waals surface area (Å²) in [4.78, 5) is 0. The molecule has 0 unspecified atom stereocenters. The lowest BCUT2D eigenvalue weighted by Gasteiger charge is -2.12. The van der Waals surface area contributed by atoms with Crippen LogP contribution in [-0.2, 0) is 13.2 Å². The number of ether oxygens (including phenoxy) is 3. The number of methoxy groups -OCH3 is 1. The Bertz CT molecular complexity index is 642. The van der Waals surface area contributed by atoms with E-state index in [1.807, 2.05) is 36.4 Å². The molecule has 2 aromatic carbocycles. The van der Waals surface area contributed by atoms with Crippen molar-refractivity contribution in [2.45, 2.75) is 13.2 Å². The largest absolute Gasteiger partial charge is 0.493 e. The fourth-order valence-electron chi connectivity index (χ4n) is 2.31. The zero-order valence-electron chi connectivity index (χ0n) is 11.8. The molecule has 5 nitrogen and oxygen atoms in total. The van der Waals surface area contributed by atoms with E-state index in [0.29, 0.717) is 23.8 Å². The highest BCUT2D eigenvalue weighted by molar-refractivity contribution is 5.56. The van der Waals surface area contributed by atoms with E-state index < -0.39 is 0 Å². The van der Waals surface area contributed by atoms with Crippen LogP contribution in [0.2, 0.25) is 0 Å². The Kier molecular flexibility index (Phi) is 3.83. The van der Waals surface area contributed by atoms with Crippen molar-refractivity contribution < 1.29 is 19.3 Å². The van der Waals surface area contributed by atoms with Gasteiger partial charge >= 0.3 is 0 Å². The predicted octanol–water partition coefficient (Wildman–Crippen LogP) is 2.53. The average molecular weight is 287 g/mol. The molecule has 1 aliphatic rings. The maximum Gasteiger partial charge on any atom is 0.231 e. The summed E-state index contributed by atoms with van der Waals surface area (Å²) in [7, 11) is 1.61. The lowest BCUT2D eigenvalue weighted by atomic mass is 10.1. The van der Waals surface area contributed by atoms with E-state index in [0.717, 1.165) is 16.8 Å². The van der Waals surface area contributed by atoms with Crippen LogP contribution in [-0.4, -0.2) is 19.0 Å². The van der Waals surface area contributed by atoms with Crippen LogP contribution in [0.4, 0.5) is 5.69 Å². The summed E-state index contributed by atoms with van der Waals surface area (Å²) in [5.74, 6) is 2.01. The van der Waals surface area contributed by atoms with Crippen molar-refractivity contribution in [2.75, 3.05) is 19.2 Å². The molecule has 0 atom stereocenters. The number of hydrogen-bond donors (Lipinski definition) is 2. The van der Waals surface area contributed by atoms with Crippen LogP contribution in [0.3, 0.4) is 0 Å². The third-order valence-electron chi connectivity index (χ3n) is 3.39. The first-order chi connectivity index (χ1) is 10.3. The van der Waals surface area contributed by atoms with Crippen LogP contribution in [0.25, 0.3) is 0 Å². The number of rotatable bonds is 5. The van der Waals surface area contributed by atoms with Gasteiger partial charge in [-0.3, -0.25) is 0 Å². The second-order valence-electron chi connectivity index (χ2n) is 4.70. The molecule has 0 fully saturated rings. The molecular formula is C16H17NO4. The van der Waals surface area contributed by atoms with Gasteiger partial charge in [-0.25, -0.2) is 0 Å². The first kappa shape index (κ1) is 13.6. The van der Waals surface area contributed by atoms with E-state index >= 15 is 0 Å². The van der Waals surface area contributed by atoms with Gasteiger partial charge in [0.05, 0.1) is 13.7 Å². The first-order valence-corrected chi connectivity index (χ1v) is 6.71. The minimum atomic E-state index is 0.00757. The van der Waals surface area contributed by atoms with Crippen LogP contribution in [0.5, 0.6) is 17.2 Å². The molecular weight excluding hydrogens is 270 g/mol. The van der Waals surface area contributed by atoms with Gasteiger partial charge in [-0.05, 0) is 23.8 Å². The summed E-state index contributed by atoms with van der Waals surface area (Å²) in [6, 6.07) is 11.5. The number of anilines is 1. The summed E-state index contributed by atoms with van der Waals surface area (Å²) in [5.41, 5.74) is 2.80. The molecule has 0 saturated carbocycles. The van der Waals surface area contributed by atoms with Crippen molar-refractivity contribution in [1.29, 1.82) is 0 Å². The van der Waals surface area contributed by atoms with Gasteiger partial charge in [-0.15, -0.1) is 0 Å². The summed E-state index contributed by atoms with van der Waals surface area (Å²) in [6.45, 7) is 0.827. The number of aliphatic hydroxyl groups is 1. The Morgan fingerprint density at radius 2 is 2.10 bits per heavy atom. The second-order valence-corrected chi connectivity index (χ2v) is 4.70. The zero-order chi connectivity index (χ0) is 14.7. The molecule has 0 spiro atoms. The number of hydrogen-bond acceptors (Lipinski definition) is 5. The number of fused-ring (bicyclic) bond motifs is 1. The third-order valence-corrected chi connectivity index (χ3v) is 3.39. The maximum atomic E-state index is 9.33. The molecule has 0 radical (unpaired) electrons. The second kappa shape index (κ2) is 5.93. The summed E-state index contributed by atoms with van der Waals surface area (Å²) < 4.78 is 16.1. The summed E-state index contributed by atoms with van der Waals surface area (Å²) in [5, 5.41) is 12.6. The first-order valence-electron chi connectivity index (χ1n) is 6.71.